The summed E-state index contributed by atoms with van der Waals surface area (Å²) in [6.45, 7) is 5.94. The van der Waals surface area contributed by atoms with Crippen molar-refractivity contribution < 1.29 is 4.79 Å². The molecule has 0 unspecified atom stereocenters. The Morgan fingerprint density at radius 3 is 2.77 bits per heavy atom. The van der Waals surface area contributed by atoms with E-state index in [1.54, 1.807) is 18.1 Å². The number of aromatic nitrogens is 3. The van der Waals surface area contributed by atoms with Crippen LogP contribution < -0.4 is 5.32 Å². The van der Waals surface area contributed by atoms with E-state index in [0.29, 0.717) is 6.42 Å². The second-order valence-electron chi connectivity index (χ2n) is 6.59. The topological polar surface area (TPSA) is 71.0 Å². The number of carbonyl (C=O) groups excluding carboxylic acids is 1. The van der Waals surface area contributed by atoms with Crippen LogP contribution in [0.4, 0.5) is 10.5 Å². The number of nitrogens with zero attached hydrogens (tertiary/aromatic N) is 4. The first-order valence-electron chi connectivity index (χ1n) is 8.63. The molecule has 0 fully saturated rings. The van der Waals surface area contributed by atoms with Crippen LogP contribution in [0.3, 0.4) is 0 Å². The van der Waals surface area contributed by atoms with Gasteiger partial charge in [0, 0.05) is 36.8 Å². The van der Waals surface area contributed by atoms with Gasteiger partial charge in [-0.25, -0.2) is 4.79 Å². The summed E-state index contributed by atoms with van der Waals surface area (Å²) in [4.78, 5) is 18.8. The summed E-state index contributed by atoms with van der Waals surface area (Å²) < 4.78 is 0. The molecule has 3 aromatic rings. The molecule has 1 atom stereocenters. The van der Waals surface area contributed by atoms with Crippen molar-refractivity contribution in [1.82, 2.24) is 20.1 Å². The van der Waals surface area contributed by atoms with Gasteiger partial charge >= 0.3 is 6.03 Å². The molecule has 0 aliphatic heterocycles. The molecule has 0 saturated carbocycles. The number of benzene rings is 1. The van der Waals surface area contributed by atoms with Crippen molar-refractivity contribution in [2.24, 2.45) is 0 Å². The molecule has 1 N–H and O–H groups in total. The lowest BCUT2D eigenvalue weighted by Crippen LogP contribution is -2.39. The number of pyridine rings is 1. The number of rotatable bonds is 4. The van der Waals surface area contributed by atoms with Gasteiger partial charge in [-0.2, -0.15) is 10.2 Å². The van der Waals surface area contributed by atoms with E-state index in [1.165, 1.54) is 0 Å². The molecule has 2 amide bonds. The van der Waals surface area contributed by atoms with E-state index in [1.807, 2.05) is 57.2 Å². The van der Waals surface area contributed by atoms with E-state index < -0.39 is 0 Å². The zero-order chi connectivity index (χ0) is 18.7. The lowest BCUT2D eigenvalue weighted by molar-refractivity contribution is 0.207. The lowest BCUT2D eigenvalue weighted by atomic mass is 10.1. The van der Waals surface area contributed by atoms with Crippen molar-refractivity contribution in [3.63, 3.8) is 0 Å². The smallest absolute Gasteiger partial charge is 0.321 e. The quantitative estimate of drug-likeness (QED) is 0.779. The van der Waals surface area contributed by atoms with Gasteiger partial charge in [-0.05, 0) is 50.6 Å². The van der Waals surface area contributed by atoms with E-state index in [2.05, 4.69) is 20.5 Å². The Hall–Kier alpha value is -3.02. The van der Waals surface area contributed by atoms with Gasteiger partial charge in [0.25, 0.3) is 0 Å². The van der Waals surface area contributed by atoms with Crippen molar-refractivity contribution in [3.05, 3.63) is 59.5 Å². The molecule has 134 valence electrons. The molecule has 0 saturated heterocycles. The highest BCUT2D eigenvalue weighted by Gasteiger charge is 2.18. The molecule has 0 bridgehead atoms. The Labute approximate surface area is 153 Å². The maximum atomic E-state index is 12.7. The predicted molar refractivity (Wildman–Crippen MR) is 103 cm³/mol. The fourth-order valence-corrected chi connectivity index (χ4v) is 2.82. The summed E-state index contributed by atoms with van der Waals surface area (Å²) in [5, 5.41) is 12.1. The van der Waals surface area contributed by atoms with E-state index in [0.717, 1.165) is 33.5 Å². The van der Waals surface area contributed by atoms with Gasteiger partial charge in [-0.3, -0.25) is 4.98 Å². The predicted octanol–water partition coefficient (Wildman–Crippen LogP) is 3.74. The number of likely N-dealkylation sites (N-methyl/N-ethyl adjacent to an activating group) is 1. The number of aryl methyl sites for hydroxylation is 2. The van der Waals surface area contributed by atoms with E-state index in [4.69, 9.17) is 0 Å². The highest BCUT2D eigenvalue weighted by molar-refractivity contribution is 6.00. The third kappa shape index (κ3) is 3.79. The second-order valence-corrected chi connectivity index (χ2v) is 6.59. The molecule has 26 heavy (non-hydrogen) atoms. The minimum atomic E-state index is -0.159. The fourth-order valence-electron chi connectivity index (χ4n) is 2.82. The molecule has 2 heterocycles. The first-order chi connectivity index (χ1) is 12.5. The van der Waals surface area contributed by atoms with Crippen LogP contribution in [0.1, 0.15) is 23.9 Å². The number of fused-ring (bicyclic) bond motifs is 1. The number of anilines is 1. The number of hydrogen-bond acceptors (Lipinski definition) is 4. The molecule has 6 nitrogen and oxygen atoms in total. The Kier molecular flexibility index (Phi) is 5.11. The van der Waals surface area contributed by atoms with Crippen LogP contribution in [0.15, 0.2) is 42.6 Å². The normalized spacial score (nSPS) is 12.0. The number of carbonyl (C=O) groups is 1. The zero-order valence-electron chi connectivity index (χ0n) is 15.5. The van der Waals surface area contributed by atoms with Gasteiger partial charge < -0.3 is 10.2 Å². The van der Waals surface area contributed by atoms with Crippen molar-refractivity contribution in [2.75, 3.05) is 12.4 Å². The monoisotopic (exact) mass is 349 g/mol. The molecular formula is C20H23N5O. The van der Waals surface area contributed by atoms with Gasteiger partial charge in [0.05, 0.1) is 16.9 Å². The number of nitrogens with one attached hydrogen (secondary N) is 1. The first-order valence-corrected chi connectivity index (χ1v) is 8.63. The molecule has 3 rings (SSSR count). The Morgan fingerprint density at radius 2 is 2.00 bits per heavy atom. The molecule has 0 spiro atoms. The average molecular weight is 349 g/mol. The SMILES string of the molecule is Cc1cc2c(NC(=O)N(C)[C@H](C)Cc3ncccc3C)cccc2nn1. The maximum absolute atomic E-state index is 12.7. The van der Waals surface area contributed by atoms with Crippen LogP contribution in [0.25, 0.3) is 10.9 Å². The van der Waals surface area contributed by atoms with Gasteiger partial charge in [-0.15, -0.1) is 0 Å². The van der Waals surface area contributed by atoms with Gasteiger partial charge in [0.15, 0.2) is 0 Å². The molecule has 0 aliphatic rings. The fraction of sp³-hybridized carbons (Fsp3) is 0.300. The highest BCUT2D eigenvalue weighted by atomic mass is 16.2. The second kappa shape index (κ2) is 7.47. The Balaban J connectivity index is 1.75. The summed E-state index contributed by atoms with van der Waals surface area (Å²) in [5.41, 5.74) is 4.45. The third-order valence-electron chi connectivity index (χ3n) is 4.58. The van der Waals surface area contributed by atoms with Gasteiger partial charge in [0.2, 0.25) is 0 Å². The molecule has 0 aliphatic carbocycles. The lowest BCUT2D eigenvalue weighted by Gasteiger charge is -2.25. The molecule has 6 heteroatoms. The third-order valence-corrected chi connectivity index (χ3v) is 4.58. The first kappa shape index (κ1) is 17.8. The summed E-state index contributed by atoms with van der Waals surface area (Å²) in [7, 11) is 1.80. The summed E-state index contributed by atoms with van der Waals surface area (Å²) >= 11 is 0. The van der Waals surface area contributed by atoms with E-state index >= 15 is 0 Å². The van der Waals surface area contributed by atoms with Crippen molar-refractivity contribution in [3.8, 4) is 0 Å². The molecular weight excluding hydrogens is 326 g/mol. The average Bonchev–Trinajstić information content (AvgIpc) is 2.63. The van der Waals surface area contributed by atoms with E-state index in [-0.39, 0.29) is 12.1 Å². The summed E-state index contributed by atoms with van der Waals surface area (Å²) in [6, 6.07) is 11.4. The minimum absolute atomic E-state index is 0.0140. The molecule has 1 aromatic carbocycles. The van der Waals surface area contributed by atoms with E-state index in [9.17, 15) is 4.79 Å². The minimum Gasteiger partial charge on any atom is -0.324 e. The molecule has 0 radical (unpaired) electrons. The number of hydrogen-bond donors (Lipinski definition) is 1. The maximum Gasteiger partial charge on any atom is 0.321 e. The van der Waals surface area contributed by atoms with Gasteiger partial charge in [0.1, 0.15) is 0 Å². The van der Waals surface area contributed by atoms with Crippen molar-refractivity contribution in [1.29, 1.82) is 0 Å². The number of amides is 2. The van der Waals surface area contributed by atoms with Crippen LogP contribution in [-0.2, 0) is 6.42 Å². The number of urea groups is 1. The Bertz CT molecular complexity index is 940. The standard InChI is InChI=1S/C20H23N5O/c1-13-7-6-10-21-19(13)12-15(3)25(4)20(26)22-17-8-5-9-18-16(17)11-14(2)23-24-18/h5-11,15H,12H2,1-4H3,(H,22,26)/t15-/m1/s1. The van der Waals surface area contributed by atoms with Gasteiger partial charge in [-0.1, -0.05) is 12.1 Å². The van der Waals surface area contributed by atoms with Crippen LogP contribution in [0.5, 0.6) is 0 Å². The van der Waals surface area contributed by atoms with Crippen LogP contribution in [0.2, 0.25) is 0 Å². The van der Waals surface area contributed by atoms with Crippen LogP contribution >= 0.6 is 0 Å². The van der Waals surface area contributed by atoms with Crippen molar-refractivity contribution in [2.45, 2.75) is 33.2 Å². The summed E-state index contributed by atoms with van der Waals surface area (Å²) in [6.07, 6.45) is 2.49. The van der Waals surface area contributed by atoms with Crippen LogP contribution in [-0.4, -0.2) is 39.2 Å². The molecule has 2 aromatic heterocycles. The largest absolute Gasteiger partial charge is 0.324 e. The van der Waals surface area contributed by atoms with Crippen molar-refractivity contribution >= 4 is 22.6 Å². The highest BCUT2D eigenvalue weighted by Crippen LogP contribution is 2.22. The van der Waals surface area contributed by atoms with Crippen LogP contribution in [0, 0.1) is 13.8 Å². The zero-order valence-corrected chi connectivity index (χ0v) is 15.5. The summed E-state index contributed by atoms with van der Waals surface area (Å²) in [5.74, 6) is 0. The Morgan fingerprint density at radius 1 is 1.19 bits per heavy atom.